The average Bonchev–Trinajstić information content (AvgIpc) is 3.18. The molecule has 5 aromatic rings. The number of pyridine rings is 1. The first kappa shape index (κ1) is 37.8. The van der Waals surface area contributed by atoms with Crippen molar-refractivity contribution in [3.63, 3.8) is 0 Å². The van der Waals surface area contributed by atoms with Crippen LogP contribution >= 0.6 is 0 Å². The zero-order valence-corrected chi connectivity index (χ0v) is 29.5. The van der Waals surface area contributed by atoms with Crippen LogP contribution in [0.4, 0.5) is 35.9 Å². The molecule has 13 nitrogen and oxygen atoms in total. The molecule has 284 valence electrons. The standard InChI is InChI=1S/C20H21N5O2.C18H21F3N4O2/c21-17-19(24-11-4-1-5-12-24)18(16-9-2-3-10-22-16)23-25(20(17)27)14-7-6-8-15(26)13-14;19-18(20,21)13(26)11-25-17(27)14(22)16(24-9-5-2-6-10-24)15(23-25)12-7-3-1-4-8-12/h2-3,6-10,13,26H,1,4-5,11-12,21H2;1,3-4,7-8,13,26H,2,5-6,9-11,22H2. The zero-order valence-electron chi connectivity index (χ0n) is 29.5. The first-order valence-corrected chi connectivity index (χ1v) is 17.8. The number of hydrogen-bond acceptors (Lipinski definition) is 11. The molecule has 16 heteroatoms. The Morgan fingerprint density at radius 1 is 0.722 bits per heavy atom. The molecule has 2 aliphatic heterocycles. The molecule has 2 fully saturated rings. The fourth-order valence-electron chi connectivity index (χ4n) is 6.65. The normalized spacial score (nSPS) is 15.3. The Bertz CT molecular complexity index is 2170. The van der Waals surface area contributed by atoms with Gasteiger partial charge in [0.2, 0.25) is 0 Å². The minimum absolute atomic E-state index is 0.0549. The number of nitrogens with zero attached hydrogens (tertiary/aromatic N) is 7. The molecule has 5 heterocycles. The molecule has 0 radical (unpaired) electrons. The van der Waals surface area contributed by atoms with Crippen molar-refractivity contribution >= 4 is 22.7 Å². The van der Waals surface area contributed by atoms with Gasteiger partial charge in [0.05, 0.1) is 29.3 Å². The maximum atomic E-state index is 13.0. The second-order valence-corrected chi connectivity index (χ2v) is 13.2. The lowest BCUT2D eigenvalue weighted by atomic mass is 10.1. The third-order valence-electron chi connectivity index (χ3n) is 9.36. The maximum absolute atomic E-state index is 13.0. The molecule has 0 saturated carbocycles. The van der Waals surface area contributed by atoms with Gasteiger partial charge < -0.3 is 31.5 Å². The van der Waals surface area contributed by atoms with E-state index in [1.807, 2.05) is 23.1 Å². The highest BCUT2D eigenvalue weighted by Gasteiger charge is 2.39. The Labute approximate surface area is 308 Å². The summed E-state index contributed by atoms with van der Waals surface area (Å²) in [4.78, 5) is 34.0. The highest BCUT2D eigenvalue weighted by molar-refractivity contribution is 5.84. The molecule has 2 aromatic carbocycles. The van der Waals surface area contributed by atoms with E-state index in [4.69, 9.17) is 11.5 Å². The van der Waals surface area contributed by atoms with E-state index in [-0.39, 0.29) is 17.1 Å². The number of benzene rings is 2. The number of aliphatic hydroxyl groups excluding tert-OH is 1. The molecule has 0 spiro atoms. The lowest BCUT2D eigenvalue weighted by Crippen LogP contribution is -2.40. The predicted molar refractivity (Wildman–Crippen MR) is 202 cm³/mol. The number of aromatic hydroxyl groups is 1. The number of nitrogen functional groups attached to an aromatic ring is 2. The van der Waals surface area contributed by atoms with E-state index in [0.717, 1.165) is 45.2 Å². The van der Waals surface area contributed by atoms with Crippen LogP contribution in [0.2, 0.25) is 0 Å². The number of nitrogens with two attached hydrogens (primary N) is 2. The number of hydrogen-bond donors (Lipinski definition) is 4. The Kier molecular flexibility index (Phi) is 11.5. The van der Waals surface area contributed by atoms with Gasteiger partial charge in [-0.1, -0.05) is 42.5 Å². The van der Waals surface area contributed by atoms with E-state index < -0.39 is 29.9 Å². The number of alkyl halides is 3. The largest absolute Gasteiger partial charge is 0.508 e. The van der Waals surface area contributed by atoms with E-state index in [0.29, 0.717) is 57.5 Å². The van der Waals surface area contributed by atoms with Gasteiger partial charge in [0, 0.05) is 44.0 Å². The van der Waals surface area contributed by atoms with Crippen molar-refractivity contribution in [1.29, 1.82) is 0 Å². The molecule has 1 atom stereocenters. The van der Waals surface area contributed by atoms with Gasteiger partial charge >= 0.3 is 6.18 Å². The fourth-order valence-corrected chi connectivity index (χ4v) is 6.65. The van der Waals surface area contributed by atoms with Crippen molar-refractivity contribution in [3.8, 4) is 34.1 Å². The van der Waals surface area contributed by atoms with Crippen molar-refractivity contribution < 1.29 is 23.4 Å². The second-order valence-electron chi connectivity index (χ2n) is 13.2. The number of halogens is 3. The molecule has 1 unspecified atom stereocenters. The summed E-state index contributed by atoms with van der Waals surface area (Å²) < 4.78 is 40.0. The topological polar surface area (TPSA) is 182 Å². The summed E-state index contributed by atoms with van der Waals surface area (Å²) in [5.74, 6) is 0.0549. The van der Waals surface area contributed by atoms with Crippen LogP contribution in [0.25, 0.3) is 28.3 Å². The Morgan fingerprint density at radius 3 is 1.89 bits per heavy atom. The SMILES string of the molecule is Nc1c(N2CCCCC2)c(-c2ccccc2)nn(CC(O)C(F)(F)F)c1=O.Nc1c(N2CCCCC2)c(-c2ccccn2)nn(-c2cccc(O)c2)c1=O. The number of rotatable bonds is 7. The summed E-state index contributed by atoms with van der Waals surface area (Å²) in [5.41, 5.74) is 14.9. The fraction of sp³-hybridized carbons (Fsp3) is 0.342. The van der Waals surface area contributed by atoms with Crippen molar-refractivity contribution in [3.05, 3.63) is 99.7 Å². The van der Waals surface area contributed by atoms with Crippen molar-refractivity contribution in [2.45, 2.75) is 57.3 Å². The van der Waals surface area contributed by atoms with Gasteiger partial charge in [0.1, 0.15) is 28.5 Å². The van der Waals surface area contributed by atoms with Crippen LogP contribution in [0, 0.1) is 0 Å². The van der Waals surface area contributed by atoms with E-state index in [1.54, 1.807) is 54.7 Å². The Morgan fingerprint density at radius 2 is 1.31 bits per heavy atom. The smallest absolute Gasteiger partial charge is 0.416 e. The van der Waals surface area contributed by atoms with Crippen LogP contribution in [0.1, 0.15) is 38.5 Å². The van der Waals surface area contributed by atoms with Gasteiger partial charge in [0.15, 0.2) is 6.10 Å². The number of piperidine rings is 2. The van der Waals surface area contributed by atoms with E-state index in [9.17, 15) is 33.0 Å². The second kappa shape index (κ2) is 16.4. The van der Waals surface area contributed by atoms with E-state index >= 15 is 0 Å². The van der Waals surface area contributed by atoms with E-state index in [1.165, 1.54) is 17.2 Å². The van der Waals surface area contributed by atoms with Crippen LogP contribution in [0.15, 0.2) is 88.6 Å². The molecule has 3 aromatic heterocycles. The summed E-state index contributed by atoms with van der Waals surface area (Å²) >= 11 is 0. The van der Waals surface area contributed by atoms with Gasteiger partial charge in [0.25, 0.3) is 11.1 Å². The molecular formula is C38H42F3N9O4. The minimum atomic E-state index is -4.85. The zero-order chi connectivity index (χ0) is 38.4. The van der Waals surface area contributed by atoms with Crippen molar-refractivity contribution in [2.75, 3.05) is 47.4 Å². The number of aliphatic hydroxyl groups is 1. The highest BCUT2D eigenvalue weighted by atomic mass is 19.4. The molecule has 2 aliphatic rings. The van der Waals surface area contributed by atoms with Gasteiger partial charge in [-0.15, -0.1) is 0 Å². The van der Waals surface area contributed by atoms with Crippen LogP contribution < -0.4 is 32.4 Å². The molecule has 0 amide bonds. The van der Waals surface area contributed by atoms with Crippen molar-refractivity contribution in [2.24, 2.45) is 0 Å². The summed E-state index contributed by atoms with van der Waals surface area (Å²) in [6, 6.07) is 20.8. The third kappa shape index (κ3) is 8.33. The summed E-state index contributed by atoms with van der Waals surface area (Å²) in [5, 5.41) is 27.9. The quantitative estimate of drug-likeness (QED) is 0.176. The molecular weight excluding hydrogens is 703 g/mol. The van der Waals surface area contributed by atoms with Crippen LogP contribution in [-0.4, -0.2) is 73.2 Å². The third-order valence-corrected chi connectivity index (χ3v) is 9.36. The lowest BCUT2D eigenvalue weighted by molar-refractivity contribution is -0.208. The molecule has 54 heavy (non-hydrogen) atoms. The first-order valence-electron chi connectivity index (χ1n) is 17.8. The average molecular weight is 746 g/mol. The number of phenolic OH excluding ortho intramolecular Hbond substituents is 1. The molecule has 2 saturated heterocycles. The Hall–Kier alpha value is -5.90. The van der Waals surface area contributed by atoms with Gasteiger partial charge in [-0.05, 0) is 62.8 Å². The number of aromatic nitrogens is 5. The van der Waals surface area contributed by atoms with Gasteiger partial charge in [-0.25, -0.2) is 4.68 Å². The summed E-state index contributed by atoms with van der Waals surface area (Å²) in [6.45, 7) is 2.05. The van der Waals surface area contributed by atoms with Crippen LogP contribution in [0.3, 0.4) is 0 Å². The molecule has 7 rings (SSSR count). The van der Waals surface area contributed by atoms with Gasteiger partial charge in [-0.2, -0.15) is 28.1 Å². The number of phenols is 1. The van der Waals surface area contributed by atoms with Crippen LogP contribution in [-0.2, 0) is 6.54 Å². The number of anilines is 4. The molecule has 0 bridgehead atoms. The lowest BCUT2D eigenvalue weighted by Gasteiger charge is -2.31. The molecule has 6 N–H and O–H groups in total. The predicted octanol–water partition coefficient (Wildman–Crippen LogP) is 4.98. The maximum Gasteiger partial charge on any atom is 0.416 e. The Balaban J connectivity index is 0.000000184. The highest BCUT2D eigenvalue weighted by Crippen LogP contribution is 2.35. The van der Waals surface area contributed by atoms with E-state index in [2.05, 4.69) is 20.1 Å². The molecule has 0 aliphatic carbocycles. The minimum Gasteiger partial charge on any atom is -0.508 e. The van der Waals surface area contributed by atoms with Gasteiger partial charge in [-0.3, -0.25) is 14.6 Å². The van der Waals surface area contributed by atoms with Crippen LogP contribution in [0.5, 0.6) is 5.75 Å². The summed E-state index contributed by atoms with van der Waals surface area (Å²) in [7, 11) is 0. The van der Waals surface area contributed by atoms with Crippen molar-refractivity contribution in [1.82, 2.24) is 24.5 Å². The summed E-state index contributed by atoms with van der Waals surface area (Å²) in [6.07, 6.45) is 0.348. The monoisotopic (exact) mass is 745 g/mol. The first-order chi connectivity index (χ1) is 25.9.